The second-order valence-corrected chi connectivity index (χ2v) is 14.3. The van der Waals surface area contributed by atoms with E-state index in [0.717, 1.165) is 58.4 Å². The number of nitrogens with one attached hydrogen (secondary N) is 1. The Bertz CT molecular complexity index is 1830. The second kappa shape index (κ2) is 16.7. The van der Waals surface area contributed by atoms with Gasteiger partial charge in [0.2, 0.25) is 5.91 Å². The molecule has 2 N–H and O–H groups in total. The molecule has 264 valence electrons. The minimum Gasteiger partial charge on any atom is -0.480 e. The van der Waals surface area contributed by atoms with Gasteiger partial charge in [-0.2, -0.15) is 0 Å². The predicted molar refractivity (Wildman–Crippen MR) is 201 cm³/mol. The number of anilines is 1. The largest absolute Gasteiger partial charge is 0.480 e. The first kappa shape index (κ1) is 35.7. The number of carboxylic acids is 1. The third-order valence-corrected chi connectivity index (χ3v) is 10.7. The van der Waals surface area contributed by atoms with Crippen LogP contribution in [0.15, 0.2) is 91.3 Å². The lowest BCUT2D eigenvalue weighted by atomic mass is 9.71. The lowest BCUT2D eigenvalue weighted by Gasteiger charge is -2.35. The van der Waals surface area contributed by atoms with Gasteiger partial charge in [0.25, 0.3) is 5.91 Å². The highest BCUT2D eigenvalue weighted by Gasteiger charge is 2.28. The van der Waals surface area contributed by atoms with E-state index in [2.05, 4.69) is 28.3 Å². The molecular weight excluding hydrogens is 636 g/mol. The zero-order valence-electron chi connectivity index (χ0n) is 29.7. The summed E-state index contributed by atoms with van der Waals surface area (Å²) in [5, 5.41) is 12.4. The second-order valence-electron chi connectivity index (χ2n) is 14.3. The van der Waals surface area contributed by atoms with E-state index in [4.69, 9.17) is 0 Å². The van der Waals surface area contributed by atoms with Crippen LogP contribution in [-0.4, -0.2) is 44.3 Å². The van der Waals surface area contributed by atoms with E-state index in [1.165, 1.54) is 49.0 Å². The van der Waals surface area contributed by atoms with Gasteiger partial charge < -0.3 is 15.3 Å². The summed E-state index contributed by atoms with van der Waals surface area (Å²) in [5.74, 6) is 1.57. The fourth-order valence-corrected chi connectivity index (χ4v) is 7.57. The minimum atomic E-state index is -1.10. The van der Waals surface area contributed by atoms with Crippen molar-refractivity contribution >= 4 is 29.0 Å². The van der Waals surface area contributed by atoms with Crippen molar-refractivity contribution in [1.82, 2.24) is 14.9 Å². The fraction of sp³-hybridized carbons (Fsp3) is 0.372. The predicted octanol–water partition coefficient (Wildman–Crippen LogP) is 8.76. The van der Waals surface area contributed by atoms with Crippen molar-refractivity contribution in [3.8, 4) is 11.4 Å². The molecule has 8 heteroatoms. The molecule has 1 aromatic heterocycles. The average Bonchev–Trinajstić information content (AvgIpc) is 3.16. The highest BCUT2D eigenvalue weighted by atomic mass is 16.4. The van der Waals surface area contributed by atoms with E-state index in [0.29, 0.717) is 17.1 Å². The monoisotopic (exact) mass is 684 g/mol. The van der Waals surface area contributed by atoms with E-state index in [-0.39, 0.29) is 18.9 Å². The normalized spacial score (nSPS) is 18.8. The summed E-state index contributed by atoms with van der Waals surface area (Å²) in [6.45, 7) is 4.00. The van der Waals surface area contributed by atoms with Crippen LogP contribution in [-0.2, 0) is 22.6 Å². The van der Waals surface area contributed by atoms with Crippen LogP contribution >= 0.6 is 0 Å². The molecule has 2 aliphatic rings. The van der Waals surface area contributed by atoms with Crippen LogP contribution < -0.4 is 5.32 Å². The van der Waals surface area contributed by atoms with Crippen molar-refractivity contribution in [2.45, 2.75) is 78.2 Å². The van der Waals surface area contributed by atoms with Gasteiger partial charge in [-0.3, -0.25) is 14.4 Å². The first-order valence-corrected chi connectivity index (χ1v) is 18.3. The molecule has 1 fully saturated rings. The number of rotatable bonds is 12. The number of carboxylic acid groups (broad SMARTS) is 1. The molecule has 1 heterocycles. The van der Waals surface area contributed by atoms with Crippen molar-refractivity contribution in [3.05, 3.63) is 119 Å². The molecule has 3 aromatic carbocycles. The van der Waals surface area contributed by atoms with Crippen LogP contribution in [0.25, 0.3) is 17.0 Å². The summed E-state index contributed by atoms with van der Waals surface area (Å²) >= 11 is 0. The number of hydrogen-bond donors (Lipinski definition) is 2. The van der Waals surface area contributed by atoms with Crippen molar-refractivity contribution in [2.75, 3.05) is 11.9 Å². The Balaban J connectivity index is 1.03. The summed E-state index contributed by atoms with van der Waals surface area (Å²) in [4.78, 5) is 48.3. The third-order valence-electron chi connectivity index (χ3n) is 10.7. The molecule has 51 heavy (non-hydrogen) atoms. The van der Waals surface area contributed by atoms with Crippen molar-refractivity contribution in [2.24, 2.45) is 17.8 Å². The molecule has 2 amide bonds. The topological polar surface area (TPSA) is 112 Å². The molecular formula is C43H48N4O4. The number of carbonyl (C=O) groups is 3. The Morgan fingerprint density at radius 1 is 0.804 bits per heavy atom. The van der Waals surface area contributed by atoms with Crippen LogP contribution in [0.1, 0.15) is 90.9 Å². The molecule has 4 aromatic rings. The molecule has 0 spiro atoms. The van der Waals surface area contributed by atoms with Crippen LogP contribution in [0, 0.1) is 24.7 Å². The molecule has 6 rings (SSSR count). The summed E-state index contributed by atoms with van der Waals surface area (Å²) < 4.78 is 0. The number of benzene rings is 3. The number of aryl methyl sites for hydroxylation is 1. The van der Waals surface area contributed by atoms with Gasteiger partial charge in [-0.25, -0.2) is 9.97 Å². The molecule has 8 nitrogen and oxygen atoms in total. The third kappa shape index (κ3) is 9.57. The summed E-state index contributed by atoms with van der Waals surface area (Å²) in [7, 11) is 0. The molecule has 0 aliphatic heterocycles. The van der Waals surface area contributed by atoms with Crippen LogP contribution in [0.4, 0.5) is 5.69 Å². The lowest BCUT2D eigenvalue weighted by molar-refractivity contribution is -0.137. The van der Waals surface area contributed by atoms with Gasteiger partial charge >= 0.3 is 5.97 Å². The number of carbonyl (C=O) groups excluding carboxylic acids is 2. The van der Waals surface area contributed by atoms with Gasteiger partial charge in [0.1, 0.15) is 6.54 Å². The Morgan fingerprint density at radius 2 is 1.47 bits per heavy atom. The summed E-state index contributed by atoms with van der Waals surface area (Å²) in [5.41, 5.74) is 7.00. The van der Waals surface area contributed by atoms with Gasteiger partial charge in [-0.1, -0.05) is 86.4 Å². The molecule has 0 bridgehead atoms. The first-order chi connectivity index (χ1) is 24.7. The maximum atomic E-state index is 13.4. The average molecular weight is 685 g/mol. The molecule has 0 radical (unpaired) electrons. The molecule has 1 unspecified atom stereocenters. The lowest BCUT2D eigenvalue weighted by Crippen LogP contribution is -2.35. The number of nitrogens with zero attached hydrogens (tertiary/aromatic N) is 3. The zero-order chi connectivity index (χ0) is 35.7. The van der Waals surface area contributed by atoms with Gasteiger partial charge in [-0.15, -0.1) is 0 Å². The number of hydrogen-bond acceptors (Lipinski definition) is 5. The summed E-state index contributed by atoms with van der Waals surface area (Å²) in [6.07, 6.45) is 16.9. The highest BCUT2D eigenvalue weighted by Crippen LogP contribution is 2.41. The van der Waals surface area contributed by atoms with Crippen LogP contribution in [0.3, 0.4) is 0 Å². The molecule has 0 saturated heterocycles. The number of allylic oxidation sites excluding steroid dienone is 2. The van der Waals surface area contributed by atoms with Gasteiger partial charge in [0.15, 0.2) is 5.82 Å². The van der Waals surface area contributed by atoms with Gasteiger partial charge in [0, 0.05) is 41.3 Å². The van der Waals surface area contributed by atoms with Gasteiger partial charge in [-0.05, 0) is 97.7 Å². The van der Waals surface area contributed by atoms with Crippen LogP contribution in [0.2, 0.25) is 0 Å². The van der Waals surface area contributed by atoms with E-state index >= 15 is 0 Å². The maximum Gasteiger partial charge on any atom is 0.323 e. The Kier molecular flexibility index (Phi) is 11.7. The first-order valence-electron chi connectivity index (χ1n) is 18.3. The highest BCUT2D eigenvalue weighted by molar-refractivity contribution is 5.97. The van der Waals surface area contributed by atoms with E-state index in [9.17, 15) is 19.5 Å². The molecule has 1 saturated carbocycles. The molecule has 2 aliphatic carbocycles. The minimum absolute atomic E-state index is 0.120. The van der Waals surface area contributed by atoms with Crippen molar-refractivity contribution < 1.29 is 19.5 Å². The maximum absolute atomic E-state index is 13.4. The van der Waals surface area contributed by atoms with Crippen molar-refractivity contribution in [1.29, 1.82) is 0 Å². The Morgan fingerprint density at radius 3 is 2.08 bits per heavy atom. The smallest absolute Gasteiger partial charge is 0.323 e. The van der Waals surface area contributed by atoms with Crippen molar-refractivity contribution in [3.63, 3.8) is 0 Å². The van der Waals surface area contributed by atoms with E-state index in [1.807, 2.05) is 67.8 Å². The Hall–Kier alpha value is -5.11. The van der Waals surface area contributed by atoms with Gasteiger partial charge in [0.05, 0.1) is 6.42 Å². The quantitative estimate of drug-likeness (QED) is 0.154. The Labute approximate surface area is 301 Å². The number of aromatic nitrogens is 2. The zero-order valence-corrected chi connectivity index (χ0v) is 29.7. The number of aliphatic carboxylic acids is 1. The van der Waals surface area contributed by atoms with E-state index in [1.54, 1.807) is 24.3 Å². The standard InChI is InChI=1S/C43H48N4O4/c1-3-30-8-12-33(13-9-30)34-16-18-35(19-17-34)38-25-44-42(45-26-38)36-14-10-32(11-15-36)27-47(28-41(49)50)43(51)37-20-22-39(23-21-37)46-40(48)24-31-6-4-29(2)5-7-31/h4-7,10-11,14-15,18,20-23,25-26,30,33-34H,3,8-9,12-13,16-17,19,24,27-28H2,1-2H3,(H,46,48)(H,49,50). The SMILES string of the molecule is CCC1CCC(C2CC=C(c3cnc(-c4ccc(CN(CC(=O)O)C(=O)c5ccc(NC(=O)Cc6ccc(C)cc6)cc5)cc4)nc3)CC2)CC1. The summed E-state index contributed by atoms with van der Waals surface area (Å²) in [6, 6.07) is 21.8. The molecule has 1 atom stereocenters. The van der Waals surface area contributed by atoms with Crippen LogP contribution in [0.5, 0.6) is 0 Å². The van der Waals surface area contributed by atoms with E-state index < -0.39 is 18.4 Å². The number of amides is 2. The fourth-order valence-electron chi connectivity index (χ4n) is 7.57.